The molecule has 2 atom stereocenters. The molecule has 0 radical (unpaired) electrons. The minimum atomic E-state index is -0.476. The Kier molecular flexibility index (Phi) is 11.2. The fourth-order valence-corrected chi connectivity index (χ4v) is 5.17. The number of hydrogen-bond donors (Lipinski definition) is 0. The van der Waals surface area contributed by atoms with Gasteiger partial charge in [0, 0.05) is 52.7 Å². The van der Waals surface area contributed by atoms with Gasteiger partial charge in [0.25, 0.3) is 0 Å². The van der Waals surface area contributed by atoms with Crippen LogP contribution in [-0.2, 0) is 9.47 Å². The second-order valence-electron chi connectivity index (χ2n) is 12.6. The third kappa shape index (κ3) is 9.52. The van der Waals surface area contributed by atoms with Crippen molar-refractivity contribution in [3.05, 3.63) is 47.0 Å². The molecule has 0 saturated carbocycles. The number of ether oxygens (including phenoxy) is 2. The maximum absolute atomic E-state index is 12.1. The first kappa shape index (κ1) is 33.5. The summed E-state index contributed by atoms with van der Waals surface area (Å²) in [6, 6.07) is 3.80. The highest BCUT2D eigenvalue weighted by molar-refractivity contribution is 6.33. The van der Waals surface area contributed by atoms with Crippen molar-refractivity contribution in [3.63, 3.8) is 0 Å². The van der Waals surface area contributed by atoms with E-state index < -0.39 is 11.2 Å². The van der Waals surface area contributed by atoms with Gasteiger partial charge in [-0.05, 0) is 66.5 Å². The Bertz CT molecular complexity index is 1130. The van der Waals surface area contributed by atoms with Gasteiger partial charge in [0.15, 0.2) is 0 Å². The highest BCUT2D eigenvalue weighted by atomic mass is 35.5. The van der Waals surface area contributed by atoms with E-state index in [1.54, 1.807) is 60.8 Å². The van der Waals surface area contributed by atoms with Crippen LogP contribution in [0.25, 0.3) is 0 Å². The predicted octanol–water partition coefficient (Wildman–Crippen LogP) is 6.36. The first-order valence-corrected chi connectivity index (χ1v) is 14.9. The summed E-state index contributed by atoms with van der Waals surface area (Å²) in [6.07, 6.45) is 8.08. The van der Waals surface area contributed by atoms with Crippen molar-refractivity contribution < 1.29 is 19.1 Å². The van der Waals surface area contributed by atoms with Gasteiger partial charge in [0.05, 0.1) is 45.9 Å². The molecule has 232 valence electrons. The normalized spacial score (nSPS) is 18.7. The first-order valence-electron chi connectivity index (χ1n) is 14.2. The van der Waals surface area contributed by atoms with Crippen LogP contribution in [0.2, 0.25) is 10.0 Å². The number of likely N-dealkylation sites (N-methyl/N-ethyl adjacent to an activating group) is 2. The summed E-state index contributed by atoms with van der Waals surface area (Å²) < 4.78 is 10.8. The summed E-state index contributed by atoms with van der Waals surface area (Å²) in [5.74, 6) is 0. The highest BCUT2D eigenvalue weighted by Gasteiger charge is 2.33. The second-order valence-corrected chi connectivity index (χ2v) is 13.4. The number of rotatable bonds is 4. The van der Waals surface area contributed by atoms with E-state index in [-0.39, 0.29) is 24.3 Å². The molecular weight excluding hydrogens is 579 g/mol. The number of aromatic nitrogens is 2. The summed E-state index contributed by atoms with van der Waals surface area (Å²) in [4.78, 5) is 40.1. The van der Waals surface area contributed by atoms with E-state index in [1.165, 1.54) is 0 Å². The van der Waals surface area contributed by atoms with Crippen molar-refractivity contribution in [2.45, 2.75) is 77.7 Å². The van der Waals surface area contributed by atoms with E-state index in [1.807, 2.05) is 41.5 Å². The minimum Gasteiger partial charge on any atom is -0.444 e. The molecule has 2 saturated heterocycles. The van der Waals surface area contributed by atoms with Crippen LogP contribution in [0, 0.1) is 0 Å². The fourth-order valence-electron chi connectivity index (χ4n) is 4.72. The maximum Gasteiger partial charge on any atom is 0.410 e. The van der Waals surface area contributed by atoms with Gasteiger partial charge in [-0.1, -0.05) is 23.2 Å². The average Bonchev–Trinajstić information content (AvgIpc) is 3.57. The molecule has 2 fully saturated rings. The molecule has 4 rings (SSSR count). The number of anilines is 2. The number of amides is 2. The number of pyridine rings is 2. The van der Waals surface area contributed by atoms with Gasteiger partial charge in [-0.25, -0.2) is 9.59 Å². The fraction of sp³-hybridized carbons (Fsp3) is 0.600. The highest BCUT2D eigenvalue weighted by Crippen LogP contribution is 2.30. The summed E-state index contributed by atoms with van der Waals surface area (Å²) in [5.41, 5.74) is 0.880. The lowest BCUT2D eigenvalue weighted by Crippen LogP contribution is -2.42. The number of carbonyl (C=O) groups excluding carboxylic acids is 2. The number of nitrogens with zero attached hydrogens (tertiary/aromatic N) is 6. The molecule has 2 aliphatic rings. The van der Waals surface area contributed by atoms with Crippen molar-refractivity contribution in [1.29, 1.82) is 0 Å². The molecule has 0 aromatic carbocycles. The molecular formula is C30H44Cl2N6O4. The monoisotopic (exact) mass is 622 g/mol. The van der Waals surface area contributed by atoms with Crippen molar-refractivity contribution in [1.82, 2.24) is 19.8 Å². The van der Waals surface area contributed by atoms with Crippen LogP contribution in [0.3, 0.4) is 0 Å². The number of carbonyl (C=O) groups is 2. The lowest BCUT2D eigenvalue weighted by Gasteiger charge is -2.29. The molecule has 42 heavy (non-hydrogen) atoms. The van der Waals surface area contributed by atoms with E-state index in [0.29, 0.717) is 10.0 Å². The number of halogens is 2. The van der Waals surface area contributed by atoms with Gasteiger partial charge in [0.2, 0.25) is 0 Å². The largest absolute Gasteiger partial charge is 0.444 e. The Morgan fingerprint density at radius 3 is 1.43 bits per heavy atom. The van der Waals surface area contributed by atoms with E-state index in [0.717, 1.165) is 50.4 Å². The van der Waals surface area contributed by atoms with Crippen molar-refractivity contribution >= 4 is 46.8 Å². The lowest BCUT2D eigenvalue weighted by molar-refractivity contribution is 0.0227. The molecule has 0 spiro atoms. The standard InChI is InChI=1S/2C15H22ClN3O2/c2*1-15(2,3)21-14(20)18(4)11-6-8-19(10-11)13-9-17-7-5-12(13)16/h2*5,7,9,11H,6,8,10H2,1-4H3. The Labute approximate surface area is 259 Å². The summed E-state index contributed by atoms with van der Waals surface area (Å²) in [6.45, 7) is 14.4. The number of hydrogen-bond acceptors (Lipinski definition) is 8. The quantitative estimate of drug-likeness (QED) is 0.389. The molecule has 0 bridgehead atoms. The van der Waals surface area contributed by atoms with Crippen LogP contribution in [0.1, 0.15) is 54.4 Å². The zero-order valence-electron chi connectivity index (χ0n) is 25.9. The van der Waals surface area contributed by atoms with Crippen molar-refractivity contribution in [2.24, 2.45) is 0 Å². The Balaban J connectivity index is 0.000000230. The molecule has 4 heterocycles. The molecule has 2 aromatic heterocycles. The Hall–Kier alpha value is -2.98. The van der Waals surface area contributed by atoms with Gasteiger partial charge in [0.1, 0.15) is 11.2 Å². The predicted molar refractivity (Wildman–Crippen MR) is 168 cm³/mol. The van der Waals surface area contributed by atoms with E-state index >= 15 is 0 Å². The third-order valence-corrected chi connectivity index (χ3v) is 7.60. The van der Waals surface area contributed by atoms with Crippen LogP contribution in [0.5, 0.6) is 0 Å². The molecule has 2 aliphatic heterocycles. The summed E-state index contributed by atoms with van der Waals surface area (Å²) in [5, 5.41) is 1.37. The second kappa shape index (κ2) is 14.0. The van der Waals surface area contributed by atoms with Gasteiger partial charge in [-0.15, -0.1) is 0 Å². The molecule has 2 amide bonds. The van der Waals surface area contributed by atoms with E-state index in [2.05, 4.69) is 19.8 Å². The zero-order valence-corrected chi connectivity index (χ0v) is 27.4. The topological polar surface area (TPSA) is 91.3 Å². The lowest BCUT2D eigenvalue weighted by atomic mass is 10.2. The smallest absolute Gasteiger partial charge is 0.410 e. The molecule has 0 N–H and O–H groups in total. The Morgan fingerprint density at radius 2 is 1.12 bits per heavy atom. The van der Waals surface area contributed by atoms with Crippen LogP contribution in [-0.4, -0.2) is 95.5 Å². The minimum absolute atomic E-state index is 0.121. The first-order chi connectivity index (χ1) is 19.6. The average molecular weight is 624 g/mol. The SMILES string of the molecule is CN(C(=O)OC(C)(C)C)C1CCN(c2cnccc2Cl)C1.CN(C(=O)OC(C)(C)C)C1CCN(c2cnccc2Cl)C1. The van der Waals surface area contributed by atoms with Crippen molar-refractivity contribution in [3.8, 4) is 0 Å². The third-order valence-electron chi connectivity index (χ3n) is 6.96. The van der Waals surface area contributed by atoms with Gasteiger partial charge in [-0.2, -0.15) is 0 Å². The van der Waals surface area contributed by atoms with Gasteiger partial charge in [-0.3, -0.25) is 9.97 Å². The molecule has 2 aromatic rings. The van der Waals surface area contributed by atoms with Crippen LogP contribution >= 0.6 is 23.2 Å². The molecule has 10 nitrogen and oxygen atoms in total. The molecule has 2 unspecified atom stereocenters. The van der Waals surface area contributed by atoms with E-state index in [9.17, 15) is 9.59 Å². The Morgan fingerprint density at radius 1 is 0.762 bits per heavy atom. The van der Waals surface area contributed by atoms with Crippen LogP contribution in [0.15, 0.2) is 36.9 Å². The van der Waals surface area contributed by atoms with Gasteiger partial charge >= 0.3 is 12.2 Å². The zero-order chi connectivity index (χ0) is 31.2. The van der Waals surface area contributed by atoms with Gasteiger partial charge < -0.3 is 29.1 Å². The summed E-state index contributed by atoms with van der Waals surface area (Å²) >= 11 is 12.4. The maximum atomic E-state index is 12.1. The molecule has 0 aliphatic carbocycles. The molecule has 12 heteroatoms. The van der Waals surface area contributed by atoms with Crippen molar-refractivity contribution in [2.75, 3.05) is 50.1 Å². The van der Waals surface area contributed by atoms with Crippen LogP contribution in [0.4, 0.5) is 21.0 Å². The van der Waals surface area contributed by atoms with E-state index in [4.69, 9.17) is 32.7 Å². The van der Waals surface area contributed by atoms with Crippen LogP contribution < -0.4 is 9.80 Å². The summed E-state index contributed by atoms with van der Waals surface area (Å²) in [7, 11) is 3.57.